The zero-order valence-corrected chi connectivity index (χ0v) is 24.5. The zero-order chi connectivity index (χ0) is 28.7. The van der Waals surface area contributed by atoms with Crippen LogP contribution in [0, 0.1) is 22.7 Å². The lowest BCUT2D eigenvalue weighted by Crippen LogP contribution is -2.42. The van der Waals surface area contributed by atoms with Gasteiger partial charge in [0.2, 0.25) is 0 Å². The van der Waals surface area contributed by atoms with Gasteiger partial charge < -0.3 is 0 Å². The molecule has 0 heterocycles. The molecule has 1 aliphatic carbocycles. The van der Waals surface area contributed by atoms with Gasteiger partial charge in [-0.25, -0.2) is 0 Å². The van der Waals surface area contributed by atoms with Gasteiger partial charge in [-0.15, -0.1) is 0 Å². The van der Waals surface area contributed by atoms with Gasteiger partial charge >= 0.3 is 0 Å². The predicted molar refractivity (Wildman–Crippen MR) is 169 cm³/mol. The van der Waals surface area contributed by atoms with E-state index in [0.717, 1.165) is 22.3 Å². The quantitative estimate of drug-likeness (QED) is 0.237. The number of allylic oxidation sites excluding steroid dienone is 1. The second-order valence-electron chi connectivity index (χ2n) is 12.6. The molecular formula is C37H41P. The first-order valence-electron chi connectivity index (χ1n) is 14.8. The van der Waals surface area contributed by atoms with Crippen LogP contribution in [-0.4, -0.2) is 0 Å². The predicted octanol–water partition coefficient (Wildman–Crippen LogP) is 8.87. The van der Waals surface area contributed by atoms with Crippen molar-refractivity contribution in [3.8, 4) is 0 Å². The number of hydrogen-bond acceptors (Lipinski definition) is 0. The zero-order valence-electron chi connectivity index (χ0n) is 25.6. The van der Waals surface area contributed by atoms with Gasteiger partial charge in [-0.1, -0.05) is 157 Å². The summed E-state index contributed by atoms with van der Waals surface area (Å²) >= 11 is 0. The molecule has 0 radical (unpaired) electrons. The summed E-state index contributed by atoms with van der Waals surface area (Å²) in [4.78, 5) is 0. The molecule has 0 fully saturated rings. The standard InChI is InChI=1S/C37H41P/c1-36(2,3)32-26-28-19-16-24-33(38(29-20-12-8-13-21-29)30-22-14-9-15-23-30)34(28)31(35(32)37(4,5)6)25-27-17-10-7-11-18-27/h7-25,32,35H,26H2,1-6H3/b31-25-/t32-,35-/m0/s1/i25D,26D/t26?,32-,35-. The van der Waals surface area contributed by atoms with Crippen molar-refractivity contribution in [1.29, 1.82) is 0 Å². The van der Waals surface area contributed by atoms with Crippen molar-refractivity contribution in [2.75, 3.05) is 0 Å². The summed E-state index contributed by atoms with van der Waals surface area (Å²) in [5.74, 6) is 0.105. The Balaban J connectivity index is 1.92. The van der Waals surface area contributed by atoms with Gasteiger partial charge in [0.1, 0.15) is 0 Å². The minimum atomic E-state index is -0.898. The van der Waals surface area contributed by atoms with Crippen LogP contribution in [0.25, 0.3) is 11.6 Å². The van der Waals surface area contributed by atoms with Crippen molar-refractivity contribution in [1.82, 2.24) is 0 Å². The lowest BCUT2D eigenvalue weighted by molar-refractivity contribution is 0.108. The molecule has 0 N–H and O–H groups in total. The Hall–Kier alpha value is -2.95. The summed E-state index contributed by atoms with van der Waals surface area (Å²) in [5.41, 5.74) is 3.99. The molecule has 0 aliphatic heterocycles. The molecule has 194 valence electrons. The molecule has 4 aromatic rings. The van der Waals surface area contributed by atoms with Crippen LogP contribution in [0.5, 0.6) is 0 Å². The summed E-state index contributed by atoms with van der Waals surface area (Å²) in [6.07, 6.45) is -0.380. The molecule has 3 atom stereocenters. The number of rotatable bonds is 4. The smallest absolute Gasteiger partial charge is 0.0622 e. The largest absolute Gasteiger partial charge is 0.0632 e. The normalized spacial score (nSPS) is 21.9. The maximum absolute atomic E-state index is 9.78. The van der Waals surface area contributed by atoms with Gasteiger partial charge in [0.25, 0.3) is 0 Å². The highest BCUT2D eigenvalue weighted by molar-refractivity contribution is 7.80. The molecule has 0 bridgehead atoms. The fourth-order valence-electron chi connectivity index (χ4n) is 5.92. The first kappa shape index (κ1) is 24.1. The van der Waals surface area contributed by atoms with Crippen molar-refractivity contribution in [3.63, 3.8) is 0 Å². The van der Waals surface area contributed by atoms with E-state index in [4.69, 9.17) is 0 Å². The molecule has 1 unspecified atom stereocenters. The van der Waals surface area contributed by atoms with Gasteiger partial charge in [-0.2, -0.15) is 0 Å². The molecular weight excluding hydrogens is 475 g/mol. The van der Waals surface area contributed by atoms with Gasteiger partial charge in [-0.05, 0) is 75.2 Å². The van der Waals surface area contributed by atoms with Gasteiger partial charge in [0, 0.05) is 1.37 Å². The maximum atomic E-state index is 9.78. The van der Waals surface area contributed by atoms with Crippen molar-refractivity contribution in [2.45, 2.75) is 47.9 Å². The fourth-order valence-corrected chi connectivity index (χ4v) is 8.42. The van der Waals surface area contributed by atoms with E-state index in [9.17, 15) is 2.74 Å². The highest BCUT2D eigenvalue weighted by Crippen LogP contribution is 2.54. The molecule has 0 saturated heterocycles. The second kappa shape index (κ2) is 10.7. The summed E-state index contributed by atoms with van der Waals surface area (Å²) in [6.45, 7) is 13.7. The van der Waals surface area contributed by atoms with Crippen molar-refractivity contribution < 1.29 is 2.74 Å². The maximum Gasteiger partial charge on any atom is 0.0632 e. The van der Waals surface area contributed by atoms with Crippen molar-refractivity contribution in [2.24, 2.45) is 22.7 Å². The van der Waals surface area contributed by atoms with E-state index in [1.807, 2.05) is 18.2 Å². The van der Waals surface area contributed by atoms with Gasteiger partial charge in [0.05, 0.1) is 1.37 Å². The average molecular weight is 519 g/mol. The molecule has 38 heavy (non-hydrogen) atoms. The third-order valence-electron chi connectivity index (χ3n) is 7.63. The summed E-state index contributed by atoms with van der Waals surface area (Å²) < 4.78 is 19.6. The third-order valence-corrected chi connectivity index (χ3v) is 10.1. The lowest BCUT2D eigenvalue weighted by Gasteiger charge is -2.49. The summed E-state index contributed by atoms with van der Waals surface area (Å²) in [6, 6.07) is 39.0. The first-order valence-corrected chi connectivity index (χ1v) is 15.1. The minimum absolute atomic E-state index is 0.0414. The van der Waals surface area contributed by atoms with E-state index in [1.165, 1.54) is 15.9 Å². The highest BCUT2D eigenvalue weighted by Gasteiger charge is 2.45. The number of fused-ring (bicyclic) bond motifs is 1. The number of benzene rings is 4. The van der Waals surface area contributed by atoms with Crippen molar-refractivity contribution >= 4 is 35.5 Å². The first-order chi connectivity index (χ1) is 19.0. The Morgan fingerprint density at radius 1 is 0.684 bits per heavy atom. The number of hydrogen-bond donors (Lipinski definition) is 0. The Labute approximate surface area is 234 Å². The van der Waals surface area contributed by atoms with E-state index in [-0.39, 0.29) is 29.1 Å². The van der Waals surface area contributed by atoms with E-state index in [1.54, 1.807) is 0 Å². The molecule has 0 spiro atoms. The lowest BCUT2D eigenvalue weighted by atomic mass is 9.56. The van der Waals surface area contributed by atoms with Crippen LogP contribution < -0.4 is 15.9 Å². The van der Waals surface area contributed by atoms with Crippen LogP contribution in [-0.2, 0) is 6.40 Å². The van der Waals surface area contributed by atoms with E-state index in [0.29, 0.717) is 6.05 Å². The Morgan fingerprint density at radius 3 is 1.71 bits per heavy atom. The summed E-state index contributed by atoms with van der Waals surface area (Å²) in [5, 5.41) is 3.82. The van der Waals surface area contributed by atoms with Crippen LogP contribution >= 0.6 is 7.92 Å². The van der Waals surface area contributed by atoms with Gasteiger partial charge in [-0.3, -0.25) is 0 Å². The van der Waals surface area contributed by atoms with Gasteiger partial charge in [0.15, 0.2) is 0 Å². The second-order valence-corrected chi connectivity index (χ2v) is 14.7. The van der Waals surface area contributed by atoms with E-state index >= 15 is 0 Å². The van der Waals surface area contributed by atoms with E-state index in [2.05, 4.69) is 133 Å². The van der Waals surface area contributed by atoms with Crippen LogP contribution in [0.1, 0.15) is 61.0 Å². The SMILES string of the molecule is [2H]/C(=C1\c2c(cccc2P(c2ccccc2)c2ccccc2)C([2H])[C@H](C(C)(C)C)[C@H]1C(C)(C)C)c1ccccc1. The van der Waals surface area contributed by atoms with Crippen LogP contribution in [0.3, 0.4) is 0 Å². The molecule has 0 saturated carbocycles. The molecule has 1 aliphatic rings. The van der Waals surface area contributed by atoms with Crippen LogP contribution in [0.2, 0.25) is 0 Å². The van der Waals surface area contributed by atoms with Crippen LogP contribution in [0.15, 0.2) is 109 Å². The highest BCUT2D eigenvalue weighted by atomic mass is 31.1. The molecule has 0 amide bonds. The molecule has 1 heteroatoms. The molecule has 0 nitrogen and oxygen atoms in total. The van der Waals surface area contributed by atoms with E-state index < -0.39 is 7.92 Å². The monoisotopic (exact) mass is 518 g/mol. The summed E-state index contributed by atoms with van der Waals surface area (Å²) in [7, 11) is -0.898. The Bertz CT molecular complexity index is 1440. The minimum Gasteiger partial charge on any atom is -0.0622 e. The molecule has 0 aromatic heterocycles. The topological polar surface area (TPSA) is 0 Å². The van der Waals surface area contributed by atoms with Crippen LogP contribution in [0.4, 0.5) is 0 Å². The van der Waals surface area contributed by atoms with Crippen molar-refractivity contribution in [3.05, 3.63) is 126 Å². The Kier molecular flexibility index (Phi) is 6.77. The molecule has 5 rings (SSSR count). The Morgan fingerprint density at radius 2 is 1.21 bits per heavy atom. The fraction of sp³-hybridized carbons (Fsp3) is 0.297. The molecule has 4 aromatic carbocycles. The average Bonchev–Trinajstić information content (AvgIpc) is 2.93. The third kappa shape index (κ3) is 5.43.